The van der Waals surface area contributed by atoms with Crippen molar-refractivity contribution in [1.29, 1.82) is 0 Å². The summed E-state index contributed by atoms with van der Waals surface area (Å²) in [5, 5.41) is 2.79. The van der Waals surface area contributed by atoms with Crippen LogP contribution in [-0.2, 0) is 10.0 Å². The number of aryl methyl sites for hydroxylation is 1. The van der Waals surface area contributed by atoms with Crippen molar-refractivity contribution in [1.82, 2.24) is 0 Å². The minimum Gasteiger partial charge on any atom is -0.497 e. The summed E-state index contributed by atoms with van der Waals surface area (Å²) >= 11 is 0. The van der Waals surface area contributed by atoms with Crippen LogP contribution in [0.1, 0.15) is 15.9 Å². The number of benzene rings is 3. The number of hydrogen-bond acceptors (Lipinski definition) is 4. The van der Waals surface area contributed by atoms with Gasteiger partial charge in [0.1, 0.15) is 5.75 Å². The lowest BCUT2D eigenvalue weighted by Gasteiger charge is -2.10. The van der Waals surface area contributed by atoms with Gasteiger partial charge in [-0.1, -0.05) is 18.2 Å². The summed E-state index contributed by atoms with van der Waals surface area (Å²) in [5.74, 6) is 0.235. The molecule has 7 heteroatoms. The van der Waals surface area contributed by atoms with Gasteiger partial charge < -0.3 is 10.1 Å². The molecule has 0 spiro atoms. The highest BCUT2D eigenvalue weighted by molar-refractivity contribution is 7.92. The lowest BCUT2D eigenvalue weighted by molar-refractivity contribution is 0.102. The van der Waals surface area contributed by atoms with Gasteiger partial charge in [0.05, 0.1) is 17.7 Å². The molecule has 0 bridgehead atoms. The first-order valence-electron chi connectivity index (χ1n) is 8.52. The van der Waals surface area contributed by atoms with Crippen molar-refractivity contribution in [2.45, 2.75) is 11.8 Å². The van der Waals surface area contributed by atoms with E-state index >= 15 is 0 Å². The summed E-state index contributed by atoms with van der Waals surface area (Å²) in [6, 6.07) is 19.8. The van der Waals surface area contributed by atoms with E-state index in [0.717, 1.165) is 5.56 Å². The lowest BCUT2D eigenvalue weighted by atomic mass is 10.2. The van der Waals surface area contributed by atoms with Crippen LogP contribution in [0.3, 0.4) is 0 Å². The molecule has 0 aliphatic rings. The topological polar surface area (TPSA) is 84.5 Å². The number of anilines is 2. The standard InChI is InChI=1S/C21H20N2O4S/c1-15-5-3-6-17(13-15)22-21(24)16-9-11-20(12-10-16)28(25,26)23-18-7-4-8-19(14-18)27-2/h3-14,23H,1-2H3,(H,22,24). The van der Waals surface area contributed by atoms with E-state index in [1.54, 1.807) is 30.3 Å². The summed E-state index contributed by atoms with van der Waals surface area (Å²) < 4.78 is 32.7. The monoisotopic (exact) mass is 396 g/mol. The van der Waals surface area contributed by atoms with Crippen LogP contribution in [-0.4, -0.2) is 21.4 Å². The highest BCUT2D eigenvalue weighted by atomic mass is 32.2. The molecule has 28 heavy (non-hydrogen) atoms. The van der Waals surface area contributed by atoms with Gasteiger partial charge in [0.15, 0.2) is 0 Å². The molecule has 0 heterocycles. The van der Waals surface area contributed by atoms with Gasteiger partial charge in [0.2, 0.25) is 0 Å². The third-order valence-electron chi connectivity index (χ3n) is 4.02. The number of nitrogens with one attached hydrogen (secondary N) is 2. The molecule has 0 saturated heterocycles. The predicted octanol–water partition coefficient (Wildman–Crippen LogP) is 4.06. The number of hydrogen-bond donors (Lipinski definition) is 2. The molecule has 0 radical (unpaired) electrons. The van der Waals surface area contributed by atoms with Crippen molar-refractivity contribution in [3.05, 3.63) is 83.9 Å². The summed E-state index contributed by atoms with van der Waals surface area (Å²) in [4.78, 5) is 12.4. The number of methoxy groups -OCH3 is 1. The van der Waals surface area contributed by atoms with E-state index in [9.17, 15) is 13.2 Å². The van der Waals surface area contributed by atoms with Gasteiger partial charge >= 0.3 is 0 Å². The Morgan fingerprint density at radius 1 is 0.893 bits per heavy atom. The number of amides is 1. The van der Waals surface area contributed by atoms with Crippen LogP contribution < -0.4 is 14.8 Å². The SMILES string of the molecule is COc1cccc(NS(=O)(=O)c2ccc(C(=O)Nc3cccc(C)c3)cc2)c1. The normalized spacial score (nSPS) is 10.9. The van der Waals surface area contributed by atoms with Crippen molar-refractivity contribution in [2.24, 2.45) is 0 Å². The number of ether oxygens (including phenoxy) is 1. The van der Waals surface area contributed by atoms with E-state index < -0.39 is 10.0 Å². The van der Waals surface area contributed by atoms with Crippen LogP contribution in [0.2, 0.25) is 0 Å². The maximum Gasteiger partial charge on any atom is 0.261 e. The predicted molar refractivity (Wildman–Crippen MR) is 109 cm³/mol. The first kappa shape index (κ1) is 19.4. The van der Waals surface area contributed by atoms with Gasteiger partial charge in [0.25, 0.3) is 15.9 Å². The third-order valence-corrected chi connectivity index (χ3v) is 5.42. The number of carbonyl (C=O) groups is 1. The van der Waals surface area contributed by atoms with Gasteiger partial charge in [-0.15, -0.1) is 0 Å². The molecule has 2 N–H and O–H groups in total. The second-order valence-electron chi connectivity index (χ2n) is 6.19. The van der Waals surface area contributed by atoms with E-state index in [4.69, 9.17) is 4.74 Å². The van der Waals surface area contributed by atoms with Gasteiger partial charge in [0, 0.05) is 17.3 Å². The second kappa shape index (κ2) is 8.14. The summed E-state index contributed by atoms with van der Waals surface area (Å²) in [6.07, 6.45) is 0. The third kappa shape index (κ3) is 4.69. The van der Waals surface area contributed by atoms with E-state index in [1.807, 2.05) is 25.1 Å². The molecule has 3 aromatic rings. The number of sulfonamides is 1. The van der Waals surface area contributed by atoms with Gasteiger partial charge in [-0.25, -0.2) is 8.42 Å². The summed E-state index contributed by atoms with van der Waals surface area (Å²) in [6.45, 7) is 1.94. The number of rotatable bonds is 6. The Labute approximate surface area is 164 Å². The maximum atomic E-state index is 12.6. The Balaban J connectivity index is 1.74. The van der Waals surface area contributed by atoms with Crippen LogP contribution in [0.5, 0.6) is 5.75 Å². The van der Waals surface area contributed by atoms with Crippen LogP contribution in [0, 0.1) is 6.92 Å². The van der Waals surface area contributed by atoms with Crippen molar-refractivity contribution < 1.29 is 17.9 Å². The molecular weight excluding hydrogens is 376 g/mol. The van der Waals surface area contributed by atoms with E-state index in [-0.39, 0.29) is 10.8 Å². The average Bonchev–Trinajstić information content (AvgIpc) is 2.68. The van der Waals surface area contributed by atoms with Crippen molar-refractivity contribution in [3.8, 4) is 5.75 Å². The van der Waals surface area contributed by atoms with E-state index in [0.29, 0.717) is 22.7 Å². The van der Waals surface area contributed by atoms with E-state index in [1.165, 1.54) is 31.4 Å². The minimum atomic E-state index is -3.78. The second-order valence-corrected chi connectivity index (χ2v) is 7.87. The zero-order valence-electron chi connectivity index (χ0n) is 15.5. The lowest BCUT2D eigenvalue weighted by Crippen LogP contribution is -2.15. The van der Waals surface area contributed by atoms with Crippen LogP contribution in [0.15, 0.2) is 77.7 Å². The quantitative estimate of drug-likeness (QED) is 0.658. The smallest absolute Gasteiger partial charge is 0.261 e. The zero-order chi connectivity index (χ0) is 20.1. The van der Waals surface area contributed by atoms with Crippen molar-refractivity contribution in [3.63, 3.8) is 0 Å². The molecule has 1 amide bonds. The van der Waals surface area contributed by atoms with Crippen molar-refractivity contribution >= 4 is 27.3 Å². The largest absolute Gasteiger partial charge is 0.497 e. The molecular formula is C21H20N2O4S. The molecule has 144 valence electrons. The van der Waals surface area contributed by atoms with Gasteiger partial charge in [-0.2, -0.15) is 0 Å². The fourth-order valence-corrected chi connectivity index (χ4v) is 3.66. The van der Waals surface area contributed by atoms with Gasteiger partial charge in [-0.05, 0) is 61.0 Å². The van der Waals surface area contributed by atoms with Crippen LogP contribution >= 0.6 is 0 Å². The minimum absolute atomic E-state index is 0.0578. The molecule has 0 aromatic heterocycles. The molecule has 0 aliphatic heterocycles. The average molecular weight is 396 g/mol. The first-order chi connectivity index (χ1) is 13.4. The molecule has 0 saturated carbocycles. The highest BCUT2D eigenvalue weighted by Gasteiger charge is 2.15. The Morgan fingerprint density at radius 3 is 2.25 bits per heavy atom. The fourth-order valence-electron chi connectivity index (χ4n) is 2.61. The van der Waals surface area contributed by atoms with Crippen molar-refractivity contribution in [2.75, 3.05) is 17.1 Å². The molecule has 0 atom stereocenters. The molecule has 6 nitrogen and oxygen atoms in total. The van der Waals surface area contributed by atoms with E-state index in [2.05, 4.69) is 10.0 Å². The zero-order valence-corrected chi connectivity index (χ0v) is 16.3. The Morgan fingerprint density at radius 2 is 1.57 bits per heavy atom. The molecule has 3 aromatic carbocycles. The summed E-state index contributed by atoms with van der Waals surface area (Å²) in [7, 11) is -2.27. The highest BCUT2D eigenvalue weighted by Crippen LogP contribution is 2.21. The van der Waals surface area contributed by atoms with Gasteiger partial charge in [-0.3, -0.25) is 9.52 Å². The summed E-state index contributed by atoms with van der Waals surface area (Å²) in [5.41, 5.74) is 2.46. The van der Waals surface area contributed by atoms with Crippen LogP contribution in [0.4, 0.5) is 11.4 Å². The Hall–Kier alpha value is -3.32. The van der Waals surface area contributed by atoms with Crippen LogP contribution in [0.25, 0.3) is 0 Å². The maximum absolute atomic E-state index is 12.6. The first-order valence-corrected chi connectivity index (χ1v) is 10.0. The molecule has 3 rings (SSSR count). The fraction of sp³-hybridized carbons (Fsp3) is 0.0952. The molecule has 0 fully saturated rings. The Bertz CT molecular complexity index is 1090. The molecule has 0 unspecified atom stereocenters. The Kier molecular flexibility index (Phi) is 5.65. The molecule has 0 aliphatic carbocycles. The number of carbonyl (C=O) groups excluding carboxylic acids is 1.